The molecule has 1 aliphatic rings. The Morgan fingerprint density at radius 3 is 2.86 bits per heavy atom. The van der Waals surface area contributed by atoms with Crippen molar-refractivity contribution in [3.63, 3.8) is 0 Å². The third-order valence-electron chi connectivity index (χ3n) is 2.43. The van der Waals surface area contributed by atoms with E-state index in [0.717, 1.165) is 19.4 Å². The quantitative estimate of drug-likeness (QED) is 0.567. The summed E-state index contributed by atoms with van der Waals surface area (Å²) in [4.78, 5) is 0. The molecule has 1 aliphatic heterocycles. The summed E-state index contributed by atoms with van der Waals surface area (Å²) in [6.07, 6.45) is 2.82. The normalized spacial score (nSPS) is 24.6. The fourth-order valence-corrected chi connectivity index (χ4v) is 1.41. The summed E-state index contributed by atoms with van der Waals surface area (Å²) in [6.45, 7) is 5.45. The Balaban J connectivity index is 1.96. The van der Waals surface area contributed by atoms with Crippen LogP contribution in [-0.4, -0.2) is 31.6 Å². The molecule has 2 nitrogen and oxygen atoms in total. The van der Waals surface area contributed by atoms with Crippen molar-refractivity contribution < 1.29 is 13.9 Å². The molecule has 1 heterocycles. The van der Waals surface area contributed by atoms with Crippen LogP contribution in [0.3, 0.4) is 0 Å². The number of epoxide rings is 1. The molecule has 84 valence electrons. The molecular weight excluding hydrogens is 183 g/mol. The zero-order chi connectivity index (χ0) is 10.4. The van der Waals surface area contributed by atoms with Crippen LogP contribution < -0.4 is 0 Å². The molecule has 1 saturated heterocycles. The highest BCUT2D eigenvalue weighted by Crippen LogP contribution is 2.15. The van der Waals surface area contributed by atoms with E-state index in [1.54, 1.807) is 0 Å². The minimum Gasteiger partial charge on any atom is -0.376 e. The minimum atomic E-state index is -0.704. The van der Waals surface area contributed by atoms with Crippen molar-refractivity contribution in [1.82, 2.24) is 0 Å². The van der Waals surface area contributed by atoms with Gasteiger partial charge in [0.15, 0.2) is 0 Å². The maximum absolute atomic E-state index is 13.3. The first-order valence-corrected chi connectivity index (χ1v) is 5.59. The Labute approximate surface area is 85.8 Å². The summed E-state index contributed by atoms with van der Waals surface area (Å²) in [5.41, 5.74) is 0. The zero-order valence-corrected chi connectivity index (χ0v) is 9.17. The van der Waals surface area contributed by atoms with Crippen LogP contribution in [0.4, 0.5) is 4.39 Å². The van der Waals surface area contributed by atoms with E-state index < -0.39 is 6.17 Å². The molecule has 0 bridgehead atoms. The molecule has 0 amide bonds. The number of hydrogen-bond donors (Lipinski definition) is 0. The number of halogens is 1. The average molecular weight is 204 g/mol. The molecule has 1 fully saturated rings. The van der Waals surface area contributed by atoms with Gasteiger partial charge in [-0.15, -0.1) is 0 Å². The zero-order valence-electron chi connectivity index (χ0n) is 9.17. The van der Waals surface area contributed by atoms with Gasteiger partial charge in [0.2, 0.25) is 0 Å². The van der Waals surface area contributed by atoms with E-state index >= 15 is 0 Å². The molecule has 3 heteroatoms. The number of hydrogen-bond acceptors (Lipinski definition) is 2. The van der Waals surface area contributed by atoms with E-state index in [0.29, 0.717) is 19.4 Å². The van der Waals surface area contributed by atoms with Gasteiger partial charge < -0.3 is 9.47 Å². The largest absolute Gasteiger partial charge is 0.376 e. The second-order valence-corrected chi connectivity index (χ2v) is 4.07. The van der Waals surface area contributed by atoms with Crippen molar-refractivity contribution in [1.29, 1.82) is 0 Å². The second-order valence-electron chi connectivity index (χ2n) is 4.07. The van der Waals surface area contributed by atoms with Crippen molar-refractivity contribution in [2.75, 3.05) is 13.2 Å². The van der Waals surface area contributed by atoms with Crippen LogP contribution in [0.15, 0.2) is 0 Å². The Morgan fingerprint density at radius 2 is 2.29 bits per heavy atom. The highest BCUT2D eigenvalue weighted by Gasteiger charge is 2.23. The monoisotopic (exact) mass is 204 g/mol. The Morgan fingerprint density at radius 1 is 1.57 bits per heavy atom. The van der Waals surface area contributed by atoms with E-state index in [1.807, 2.05) is 6.92 Å². The number of rotatable bonds is 8. The van der Waals surface area contributed by atoms with Gasteiger partial charge in [-0.05, 0) is 13.3 Å². The summed E-state index contributed by atoms with van der Waals surface area (Å²) in [5, 5.41) is 0. The predicted octanol–water partition coefficient (Wildman–Crippen LogP) is 2.71. The van der Waals surface area contributed by atoms with E-state index in [2.05, 4.69) is 6.92 Å². The molecule has 0 N–H and O–H groups in total. The van der Waals surface area contributed by atoms with Crippen molar-refractivity contribution in [3.8, 4) is 0 Å². The maximum atomic E-state index is 13.3. The van der Waals surface area contributed by atoms with E-state index in [1.165, 1.54) is 0 Å². The van der Waals surface area contributed by atoms with E-state index in [-0.39, 0.29) is 12.2 Å². The molecule has 14 heavy (non-hydrogen) atoms. The lowest BCUT2D eigenvalue weighted by atomic mass is 10.1. The first-order chi connectivity index (χ1) is 6.72. The van der Waals surface area contributed by atoms with Gasteiger partial charge in [0, 0.05) is 6.42 Å². The fraction of sp³-hybridized carbons (Fsp3) is 1.00. The van der Waals surface area contributed by atoms with Crippen LogP contribution in [0.1, 0.15) is 39.5 Å². The van der Waals surface area contributed by atoms with Crippen LogP contribution in [0.2, 0.25) is 0 Å². The second kappa shape index (κ2) is 6.36. The van der Waals surface area contributed by atoms with Gasteiger partial charge in [0.25, 0.3) is 0 Å². The van der Waals surface area contributed by atoms with Gasteiger partial charge in [-0.2, -0.15) is 0 Å². The van der Waals surface area contributed by atoms with Crippen LogP contribution in [-0.2, 0) is 9.47 Å². The van der Waals surface area contributed by atoms with Gasteiger partial charge in [0.05, 0.1) is 19.3 Å². The molecule has 0 saturated carbocycles. The molecular formula is C11H21FO2. The van der Waals surface area contributed by atoms with Crippen molar-refractivity contribution in [2.24, 2.45) is 0 Å². The van der Waals surface area contributed by atoms with Crippen LogP contribution in [0, 0.1) is 0 Å². The molecule has 0 spiro atoms. The molecule has 0 aromatic heterocycles. The molecule has 0 radical (unpaired) electrons. The highest BCUT2D eigenvalue weighted by atomic mass is 19.1. The molecule has 3 unspecified atom stereocenters. The Kier molecular flexibility index (Phi) is 5.41. The lowest BCUT2D eigenvalue weighted by Crippen LogP contribution is -2.17. The molecule has 0 aliphatic carbocycles. The lowest BCUT2D eigenvalue weighted by molar-refractivity contribution is 0.0324. The summed E-state index contributed by atoms with van der Waals surface area (Å²) in [6, 6.07) is 0. The Hall–Kier alpha value is -0.150. The summed E-state index contributed by atoms with van der Waals surface area (Å²) in [7, 11) is 0. The number of alkyl halides is 1. The fourth-order valence-electron chi connectivity index (χ4n) is 1.41. The van der Waals surface area contributed by atoms with E-state index in [9.17, 15) is 4.39 Å². The lowest BCUT2D eigenvalue weighted by Gasteiger charge is -2.14. The van der Waals surface area contributed by atoms with Crippen LogP contribution in [0.5, 0.6) is 0 Å². The summed E-state index contributed by atoms with van der Waals surface area (Å²) < 4.78 is 23.7. The standard InChI is InChI=1S/C11H21FO2/c1-3-4-5-10(12)6-9(2)13-7-11-8-14-11/h9-11H,3-8H2,1-2H3. The topological polar surface area (TPSA) is 21.8 Å². The Bertz CT molecular complexity index is 148. The SMILES string of the molecule is CCCCC(F)CC(C)OCC1CO1. The third kappa shape index (κ3) is 5.55. The number of unbranched alkanes of at least 4 members (excludes halogenated alkanes) is 1. The van der Waals surface area contributed by atoms with Gasteiger partial charge in [0.1, 0.15) is 12.3 Å². The van der Waals surface area contributed by atoms with Crippen molar-refractivity contribution in [3.05, 3.63) is 0 Å². The van der Waals surface area contributed by atoms with Gasteiger partial charge in [-0.1, -0.05) is 19.8 Å². The molecule has 0 aromatic rings. The highest BCUT2D eigenvalue weighted by molar-refractivity contribution is 4.69. The summed E-state index contributed by atoms with van der Waals surface area (Å²) >= 11 is 0. The van der Waals surface area contributed by atoms with Crippen molar-refractivity contribution >= 4 is 0 Å². The smallest absolute Gasteiger partial charge is 0.104 e. The minimum absolute atomic E-state index is 0.0195. The van der Waals surface area contributed by atoms with Gasteiger partial charge in [-0.3, -0.25) is 0 Å². The summed E-state index contributed by atoms with van der Waals surface area (Å²) in [5.74, 6) is 0. The first kappa shape index (κ1) is 11.9. The molecule has 0 aromatic carbocycles. The molecule has 1 rings (SSSR count). The maximum Gasteiger partial charge on any atom is 0.104 e. The number of ether oxygens (including phenoxy) is 2. The van der Waals surface area contributed by atoms with Gasteiger partial charge >= 0.3 is 0 Å². The predicted molar refractivity (Wildman–Crippen MR) is 54.2 cm³/mol. The third-order valence-corrected chi connectivity index (χ3v) is 2.43. The van der Waals surface area contributed by atoms with Crippen LogP contribution >= 0.6 is 0 Å². The first-order valence-electron chi connectivity index (χ1n) is 5.59. The van der Waals surface area contributed by atoms with E-state index in [4.69, 9.17) is 9.47 Å². The van der Waals surface area contributed by atoms with Crippen molar-refractivity contribution in [2.45, 2.75) is 57.9 Å². The van der Waals surface area contributed by atoms with Crippen LogP contribution in [0.25, 0.3) is 0 Å². The van der Waals surface area contributed by atoms with Gasteiger partial charge in [-0.25, -0.2) is 4.39 Å². The molecule has 3 atom stereocenters. The average Bonchev–Trinajstić information content (AvgIpc) is 2.95.